The van der Waals surface area contributed by atoms with E-state index in [1.165, 1.54) is 12.1 Å². The molecule has 0 unspecified atom stereocenters. The van der Waals surface area contributed by atoms with Crippen molar-refractivity contribution in [2.75, 3.05) is 4.72 Å². The van der Waals surface area contributed by atoms with Gasteiger partial charge in [0.25, 0.3) is 10.0 Å². The summed E-state index contributed by atoms with van der Waals surface area (Å²) in [5, 5.41) is 9.30. The van der Waals surface area contributed by atoms with Crippen LogP contribution < -0.4 is 4.72 Å². The average molecular weight is 342 g/mol. The average Bonchev–Trinajstić information content (AvgIpc) is 2.72. The van der Waals surface area contributed by atoms with Crippen LogP contribution in [0.15, 0.2) is 28.5 Å². The fourth-order valence-electron chi connectivity index (χ4n) is 1.28. The smallest absolute Gasteiger partial charge is 0.271 e. The Bertz CT molecular complexity index is 730. The van der Waals surface area contributed by atoms with E-state index >= 15 is 0 Å². The fraction of sp³-hybridized carbons (Fsp3) is 0. The standard InChI is InChI=1S/C10H6Cl2FNO3S2/c11-6-3-5(13)4-7(10(6)15)14-19(16,17)9-2-1-8(12)18-9/h1-4,14-15H. The predicted molar refractivity (Wildman–Crippen MR) is 73.2 cm³/mol. The van der Waals surface area contributed by atoms with Gasteiger partial charge in [-0.2, -0.15) is 0 Å². The summed E-state index contributed by atoms with van der Waals surface area (Å²) < 4.78 is 39.3. The molecule has 0 amide bonds. The van der Waals surface area contributed by atoms with E-state index in [-0.39, 0.29) is 14.9 Å². The molecule has 2 rings (SSSR count). The lowest BCUT2D eigenvalue weighted by Gasteiger charge is -2.09. The normalized spacial score (nSPS) is 11.5. The van der Waals surface area contributed by atoms with E-state index in [0.717, 1.165) is 23.5 Å². The number of anilines is 1. The lowest BCUT2D eigenvalue weighted by molar-refractivity contribution is 0.476. The fourth-order valence-corrected chi connectivity index (χ4v) is 4.03. The first-order valence-corrected chi connectivity index (χ1v) is 7.81. The second-order valence-electron chi connectivity index (χ2n) is 3.45. The van der Waals surface area contributed by atoms with Gasteiger partial charge in [-0.3, -0.25) is 4.72 Å². The van der Waals surface area contributed by atoms with Crippen molar-refractivity contribution in [3.63, 3.8) is 0 Å². The van der Waals surface area contributed by atoms with E-state index in [9.17, 15) is 17.9 Å². The van der Waals surface area contributed by atoms with Crippen molar-refractivity contribution in [2.24, 2.45) is 0 Å². The third kappa shape index (κ3) is 3.11. The molecule has 9 heteroatoms. The van der Waals surface area contributed by atoms with Gasteiger partial charge in [0.15, 0.2) is 5.75 Å². The Morgan fingerprint density at radius 1 is 1.26 bits per heavy atom. The van der Waals surface area contributed by atoms with Crippen LogP contribution >= 0.6 is 34.5 Å². The monoisotopic (exact) mass is 341 g/mol. The van der Waals surface area contributed by atoms with Gasteiger partial charge in [-0.25, -0.2) is 12.8 Å². The number of benzene rings is 1. The molecule has 102 valence electrons. The molecule has 19 heavy (non-hydrogen) atoms. The molecule has 0 bridgehead atoms. The van der Waals surface area contributed by atoms with E-state index in [1.54, 1.807) is 0 Å². The molecule has 1 aromatic heterocycles. The highest BCUT2D eigenvalue weighted by Gasteiger charge is 2.20. The second-order valence-corrected chi connectivity index (χ2v) is 7.48. The summed E-state index contributed by atoms with van der Waals surface area (Å²) in [6.07, 6.45) is 0. The molecule has 0 saturated heterocycles. The molecule has 1 heterocycles. The Morgan fingerprint density at radius 2 is 1.95 bits per heavy atom. The maximum absolute atomic E-state index is 13.1. The lowest BCUT2D eigenvalue weighted by Crippen LogP contribution is -2.11. The highest BCUT2D eigenvalue weighted by Crippen LogP contribution is 2.35. The zero-order chi connectivity index (χ0) is 14.2. The lowest BCUT2D eigenvalue weighted by atomic mass is 10.3. The first-order chi connectivity index (χ1) is 8.79. The number of rotatable bonds is 3. The first kappa shape index (κ1) is 14.4. The molecule has 2 aromatic rings. The number of nitrogens with one attached hydrogen (secondary N) is 1. The minimum absolute atomic E-state index is 0.0581. The van der Waals surface area contributed by atoms with Gasteiger partial charge in [0.2, 0.25) is 0 Å². The van der Waals surface area contributed by atoms with Crippen LogP contribution in [0.25, 0.3) is 0 Å². The van der Waals surface area contributed by atoms with Gasteiger partial charge in [-0.1, -0.05) is 23.2 Å². The van der Waals surface area contributed by atoms with Gasteiger partial charge < -0.3 is 5.11 Å². The van der Waals surface area contributed by atoms with Crippen molar-refractivity contribution >= 4 is 50.2 Å². The molecule has 4 nitrogen and oxygen atoms in total. The van der Waals surface area contributed by atoms with Crippen LogP contribution in [-0.4, -0.2) is 13.5 Å². The van der Waals surface area contributed by atoms with E-state index in [0.29, 0.717) is 4.34 Å². The predicted octanol–water partition coefficient (Wildman–Crippen LogP) is 3.70. The number of halogens is 3. The molecule has 0 atom stereocenters. The molecule has 0 spiro atoms. The van der Waals surface area contributed by atoms with Crippen LogP contribution in [0, 0.1) is 5.82 Å². The van der Waals surface area contributed by atoms with Crippen molar-refractivity contribution in [1.29, 1.82) is 0 Å². The van der Waals surface area contributed by atoms with Crippen molar-refractivity contribution < 1.29 is 17.9 Å². The Morgan fingerprint density at radius 3 is 2.53 bits per heavy atom. The van der Waals surface area contributed by atoms with E-state index in [4.69, 9.17) is 23.2 Å². The minimum Gasteiger partial charge on any atom is -0.504 e. The summed E-state index contributed by atoms with van der Waals surface area (Å²) >= 11 is 12.0. The number of thiophene rings is 1. The first-order valence-electron chi connectivity index (χ1n) is 4.76. The van der Waals surface area contributed by atoms with Gasteiger partial charge in [0.05, 0.1) is 15.0 Å². The van der Waals surface area contributed by atoms with Crippen LogP contribution in [-0.2, 0) is 10.0 Å². The zero-order valence-corrected chi connectivity index (χ0v) is 12.2. The molecule has 0 aliphatic heterocycles. The van der Waals surface area contributed by atoms with Crippen molar-refractivity contribution in [1.82, 2.24) is 0 Å². The topological polar surface area (TPSA) is 66.4 Å². The maximum Gasteiger partial charge on any atom is 0.271 e. The van der Waals surface area contributed by atoms with Crippen molar-refractivity contribution in [3.05, 3.63) is 39.4 Å². The van der Waals surface area contributed by atoms with Crippen LogP contribution in [0.4, 0.5) is 10.1 Å². The quantitative estimate of drug-likeness (QED) is 0.836. The Hall–Kier alpha value is -1.02. The summed E-state index contributed by atoms with van der Waals surface area (Å²) in [7, 11) is -3.95. The molecule has 1 aromatic carbocycles. The minimum atomic E-state index is -3.95. The Kier molecular flexibility index (Phi) is 3.91. The molecule has 0 fully saturated rings. The van der Waals surface area contributed by atoms with Gasteiger partial charge >= 0.3 is 0 Å². The largest absolute Gasteiger partial charge is 0.504 e. The number of aromatic hydroxyl groups is 1. The van der Waals surface area contributed by atoms with Crippen LogP contribution in [0.2, 0.25) is 9.36 Å². The summed E-state index contributed by atoms with van der Waals surface area (Å²) in [4.78, 5) is 0. The summed E-state index contributed by atoms with van der Waals surface area (Å²) in [5.74, 6) is -1.32. The Labute approximate surface area is 122 Å². The third-order valence-corrected chi connectivity index (χ3v) is 5.46. The van der Waals surface area contributed by atoms with Gasteiger partial charge in [-0.15, -0.1) is 11.3 Å². The summed E-state index contributed by atoms with van der Waals surface area (Å²) in [5.41, 5.74) is -0.338. The molecule has 0 aliphatic carbocycles. The number of hydrogen-bond donors (Lipinski definition) is 2. The Balaban J connectivity index is 2.41. The van der Waals surface area contributed by atoms with E-state index < -0.39 is 21.6 Å². The van der Waals surface area contributed by atoms with Crippen LogP contribution in [0.5, 0.6) is 5.75 Å². The maximum atomic E-state index is 13.1. The molecular formula is C10H6Cl2FNO3S2. The summed E-state index contributed by atoms with van der Waals surface area (Å²) in [6, 6.07) is 4.41. The van der Waals surface area contributed by atoms with Crippen LogP contribution in [0.1, 0.15) is 0 Å². The number of phenols is 1. The third-order valence-electron chi connectivity index (χ3n) is 2.09. The SMILES string of the molecule is O=S(=O)(Nc1cc(F)cc(Cl)c1O)c1ccc(Cl)s1. The van der Waals surface area contributed by atoms with E-state index in [1.807, 2.05) is 4.72 Å². The zero-order valence-electron chi connectivity index (χ0n) is 9.02. The van der Waals surface area contributed by atoms with Crippen molar-refractivity contribution in [2.45, 2.75) is 4.21 Å². The van der Waals surface area contributed by atoms with Gasteiger partial charge in [-0.05, 0) is 18.2 Å². The summed E-state index contributed by atoms with van der Waals surface area (Å²) in [6.45, 7) is 0. The van der Waals surface area contributed by atoms with Gasteiger partial charge in [0, 0.05) is 6.07 Å². The van der Waals surface area contributed by atoms with Gasteiger partial charge in [0.1, 0.15) is 10.0 Å². The number of sulfonamides is 1. The molecular weight excluding hydrogens is 336 g/mol. The van der Waals surface area contributed by atoms with Crippen LogP contribution in [0.3, 0.4) is 0 Å². The molecule has 0 saturated carbocycles. The number of hydrogen-bond acceptors (Lipinski definition) is 4. The molecule has 2 N–H and O–H groups in total. The second kappa shape index (κ2) is 5.16. The highest BCUT2D eigenvalue weighted by atomic mass is 35.5. The van der Waals surface area contributed by atoms with E-state index in [2.05, 4.69) is 0 Å². The molecule has 0 aliphatic rings. The highest BCUT2D eigenvalue weighted by molar-refractivity contribution is 7.94. The molecule has 0 radical (unpaired) electrons. The number of phenolic OH excluding ortho intramolecular Hbond substituents is 1. The van der Waals surface area contributed by atoms with Crippen molar-refractivity contribution in [3.8, 4) is 5.75 Å².